The predicted molar refractivity (Wildman–Crippen MR) is 118 cm³/mol. The first kappa shape index (κ1) is 19.9. The lowest BCUT2D eigenvalue weighted by molar-refractivity contribution is -0.136. The summed E-state index contributed by atoms with van der Waals surface area (Å²) in [6, 6.07) is 20.4. The summed E-state index contributed by atoms with van der Waals surface area (Å²) < 4.78 is 5.40. The number of ether oxygens (including phenoxy) is 1. The quantitative estimate of drug-likeness (QED) is 0.648. The fraction of sp³-hybridized carbons (Fsp3) is 0.280. The smallest absolute Gasteiger partial charge is 0.265 e. The van der Waals surface area contributed by atoms with Gasteiger partial charge in [-0.15, -0.1) is 0 Å². The van der Waals surface area contributed by atoms with Crippen LogP contribution in [0.15, 0.2) is 66.7 Å². The molecule has 1 fully saturated rings. The summed E-state index contributed by atoms with van der Waals surface area (Å²) in [5.41, 5.74) is -0.214. The summed E-state index contributed by atoms with van der Waals surface area (Å²) in [4.78, 5) is 30.5. The first-order valence-electron chi connectivity index (χ1n) is 10.5. The number of hydrogen-bond donors (Lipinski definition) is 1. The summed E-state index contributed by atoms with van der Waals surface area (Å²) in [6.07, 6.45) is -0.295. The summed E-state index contributed by atoms with van der Waals surface area (Å²) in [6.45, 7) is 3.05. The molecule has 158 valence electrons. The van der Waals surface area contributed by atoms with Crippen molar-refractivity contribution in [2.45, 2.75) is 12.0 Å². The van der Waals surface area contributed by atoms with Crippen LogP contribution in [0.25, 0.3) is 10.8 Å². The molecule has 0 saturated carbocycles. The van der Waals surface area contributed by atoms with E-state index < -0.39 is 11.5 Å². The van der Waals surface area contributed by atoms with Crippen molar-refractivity contribution in [2.75, 3.05) is 37.9 Å². The zero-order valence-electron chi connectivity index (χ0n) is 17.2. The van der Waals surface area contributed by atoms with Gasteiger partial charge in [0.25, 0.3) is 5.91 Å². The number of fused-ring (bicyclic) bond motifs is 2. The number of anilines is 1. The van der Waals surface area contributed by atoms with Crippen molar-refractivity contribution < 1.29 is 19.4 Å². The third kappa shape index (κ3) is 3.43. The van der Waals surface area contributed by atoms with Crippen LogP contribution in [0.5, 0.6) is 0 Å². The monoisotopic (exact) mass is 416 g/mol. The molecule has 0 aromatic heterocycles. The molecule has 31 heavy (non-hydrogen) atoms. The van der Waals surface area contributed by atoms with Crippen LogP contribution in [0.1, 0.15) is 22.3 Å². The Labute approximate surface area is 180 Å². The van der Waals surface area contributed by atoms with E-state index in [0.717, 1.165) is 23.9 Å². The van der Waals surface area contributed by atoms with E-state index in [9.17, 15) is 14.7 Å². The number of carbonyl (C=O) groups is 2. The Hall–Kier alpha value is -3.06. The molecule has 0 aliphatic carbocycles. The largest absolute Gasteiger partial charge is 0.379 e. The molecule has 1 saturated heterocycles. The minimum Gasteiger partial charge on any atom is -0.379 e. The number of para-hydroxylation sites is 1. The van der Waals surface area contributed by atoms with Crippen molar-refractivity contribution in [3.63, 3.8) is 0 Å². The standard InChI is InChI=1S/C25H24N2O4/c28-23(20-9-5-7-18-6-1-2-8-19(18)20)16-25(30)21-10-3-4-11-22(21)27(24(25)29)17-26-12-14-31-15-13-26/h1-11,30H,12-17H2. The number of hydrogen-bond acceptors (Lipinski definition) is 5. The summed E-state index contributed by atoms with van der Waals surface area (Å²) >= 11 is 0. The molecule has 2 aliphatic rings. The Balaban J connectivity index is 1.48. The fourth-order valence-corrected chi connectivity index (χ4v) is 4.56. The number of nitrogens with zero attached hydrogens (tertiary/aromatic N) is 2. The van der Waals surface area contributed by atoms with E-state index in [1.165, 1.54) is 0 Å². The van der Waals surface area contributed by atoms with Gasteiger partial charge < -0.3 is 9.84 Å². The second kappa shape index (κ2) is 7.89. The van der Waals surface area contributed by atoms with Crippen molar-refractivity contribution in [2.24, 2.45) is 0 Å². The van der Waals surface area contributed by atoms with Gasteiger partial charge in [-0.3, -0.25) is 19.4 Å². The Morgan fingerprint density at radius 3 is 2.52 bits per heavy atom. The number of rotatable bonds is 5. The Kier molecular flexibility index (Phi) is 5.06. The van der Waals surface area contributed by atoms with Crippen LogP contribution < -0.4 is 4.90 Å². The summed E-state index contributed by atoms with van der Waals surface area (Å²) in [7, 11) is 0. The van der Waals surface area contributed by atoms with Gasteiger partial charge in [-0.1, -0.05) is 60.7 Å². The normalized spacial score (nSPS) is 21.5. The van der Waals surface area contributed by atoms with Crippen molar-refractivity contribution >= 4 is 28.2 Å². The SMILES string of the molecule is O=C(CC1(O)C(=O)N(CN2CCOCC2)c2ccccc21)c1cccc2ccccc12. The molecule has 1 amide bonds. The van der Waals surface area contributed by atoms with Gasteiger partial charge in [-0.25, -0.2) is 0 Å². The number of carbonyl (C=O) groups excluding carboxylic acids is 2. The van der Waals surface area contributed by atoms with Crippen molar-refractivity contribution in [1.82, 2.24) is 4.90 Å². The molecule has 5 rings (SSSR count). The average molecular weight is 416 g/mol. The van der Waals surface area contributed by atoms with Crippen LogP contribution in [-0.4, -0.2) is 54.7 Å². The molecule has 0 bridgehead atoms. The molecule has 3 aromatic rings. The highest BCUT2D eigenvalue weighted by Crippen LogP contribution is 2.43. The first-order chi connectivity index (χ1) is 15.1. The topological polar surface area (TPSA) is 70.1 Å². The number of ketones is 1. The molecule has 0 radical (unpaired) electrons. The van der Waals surface area contributed by atoms with Gasteiger partial charge in [0.2, 0.25) is 0 Å². The lowest BCUT2D eigenvalue weighted by Crippen LogP contribution is -2.49. The van der Waals surface area contributed by atoms with E-state index in [-0.39, 0.29) is 12.2 Å². The molecule has 6 heteroatoms. The molecular weight excluding hydrogens is 392 g/mol. The summed E-state index contributed by atoms with van der Waals surface area (Å²) in [5.74, 6) is -0.704. The van der Waals surface area contributed by atoms with Crippen molar-refractivity contribution in [3.05, 3.63) is 77.9 Å². The van der Waals surface area contributed by atoms with Crippen molar-refractivity contribution in [3.8, 4) is 0 Å². The molecule has 2 aliphatic heterocycles. The van der Waals surface area contributed by atoms with Gasteiger partial charge in [0.1, 0.15) is 0 Å². The first-order valence-corrected chi connectivity index (χ1v) is 10.5. The van der Waals surface area contributed by atoms with E-state index in [1.54, 1.807) is 23.1 Å². The maximum absolute atomic E-state index is 13.5. The Morgan fingerprint density at radius 1 is 0.968 bits per heavy atom. The molecule has 1 atom stereocenters. The Morgan fingerprint density at radius 2 is 1.68 bits per heavy atom. The third-order valence-electron chi connectivity index (χ3n) is 6.19. The molecule has 1 N–H and O–H groups in total. The Bertz CT molecular complexity index is 1150. The van der Waals surface area contributed by atoms with E-state index in [1.807, 2.05) is 48.5 Å². The van der Waals surface area contributed by atoms with Crippen LogP contribution in [0.4, 0.5) is 5.69 Å². The van der Waals surface area contributed by atoms with Crippen LogP contribution in [-0.2, 0) is 15.1 Å². The molecule has 6 nitrogen and oxygen atoms in total. The minimum absolute atomic E-state index is 0.254. The van der Waals surface area contributed by atoms with Gasteiger partial charge in [-0.2, -0.15) is 0 Å². The van der Waals surface area contributed by atoms with E-state index in [2.05, 4.69) is 4.90 Å². The van der Waals surface area contributed by atoms with Crippen LogP contribution in [0, 0.1) is 0 Å². The zero-order valence-corrected chi connectivity index (χ0v) is 17.2. The fourth-order valence-electron chi connectivity index (χ4n) is 4.56. The van der Waals surface area contributed by atoms with Gasteiger partial charge in [-0.05, 0) is 16.8 Å². The highest BCUT2D eigenvalue weighted by atomic mass is 16.5. The number of benzene rings is 3. The number of aliphatic hydroxyl groups is 1. The van der Waals surface area contributed by atoms with Crippen LogP contribution >= 0.6 is 0 Å². The van der Waals surface area contributed by atoms with Crippen molar-refractivity contribution in [1.29, 1.82) is 0 Å². The van der Waals surface area contributed by atoms with E-state index >= 15 is 0 Å². The molecule has 3 aromatic carbocycles. The highest BCUT2D eigenvalue weighted by molar-refractivity contribution is 6.13. The predicted octanol–water partition coefficient (Wildman–Crippen LogP) is 2.94. The third-order valence-corrected chi connectivity index (χ3v) is 6.19. The number of Topliss-reactive ketones (excluding diaryl/α,β-unsaturated/α-hetero) is 1. The average Bonchev–Trinajstić information content (AvgIpc) is 3.01. The molecule has 0 spiro atoms. The zero-order chi connectivity index (χ0) is 21.4. The molecular formula is C25H24N2O4. The molecule has 2 heterocycles. The minimum atomic E-state index is -1.88. The highest BCUT2D eigenvalue weighted by Gasteiger charge is 2.51. The second-order valence-corrected chi connectivity index (χ2v) is 8.11. The second-order valence-electron chi connectivity index (χ2n) is 8.11. The number of amides is 1. The lowest BCUT2D eigenvalue weighted by Gasteiger charge is -2.31. The summed E-state index contributed by atoms with van der Waals surface area (Å²) in [5, 5.41) is 13.3. The van der Waals surface area contributed by atoms with Crippen LogP contribution in [0.3, 0.4) is 0 Å². The van der Waals surface area contributed by atoms with Gasteiger partial charge in [0.05, 0.1) is 32.0 Å². The van der Waals surface area contributed by atoms with Crippen LogP contribution in [0.2, 0.25) is 0 Å². The van der Waals surface area contributed by atoms with E-state index in [4.69, 9.17) is 4.74 Å². The number of morpholine rings is 1. The van der Waals surface area contributed by atoms with E-state index in [0.29, 0.717) is 36.7 Å². The molecule has 1 unspecified atom stereocenters. The maximum Gasteiger partial charge on any atom is 0.265 e. The lowest BCUT2D eigenvalue weighted by atomic mass is 9.87. The van der Waals surface area contributed by atoms with Gasteiger partial charge in [0.15, 0.2) is 11.4 Å². The van der Waals surface area contributed by atoms with Gasteiger partial charge in [0, 0.05) is 24.2 Å². The maximum atomic E-state index is 13.5. The van der Waals surface area contributed by atoms with Gasteiger partial charge >= 0.3 is 0 Å².